The summed E-state index contributed by atoms with van der Waals surface area (Å²) in [6, 6.07) is 12.2. The van der Waals surface area contributed by atoms with Gasteiger partial charge in [0.1, 0.15) is 10.0 Å². The number of aryl methyl sites for hydroxylation is 1. The van der Waals surface area contributed by atoms with Gasteiger partial charge in [0, 0.05) is 23.5 Å². The summed E-state index contributed by atoms with van der Waals surface area (Å²) >= 11 is 1.58. The first-order valence-corrected chi connectivity index (χ1v) is 6.45. The van der Waals surface area contributed by atoms with Crippen molar-refractivity contribution in [3.63, 3.8) is 0 Å². The van der Waals surface area contributed by atoms with E-state index in [0.717, 1.165) is 21.1 Å². The average molecular weight is 253 g/mol. The van der Waals surface area contributed by atoms with Crippen LogP contribution in [0.4, 0.5) is 0 Å². The Balaban J connectivity index is 1.97. The molecule has 0 unspecified atom stereocenters. The Hall–Kier alpha value is -2.07. The van der Waals surface area contributed by atoms with E-state index >= 15 is 0 Å². The van der Waals surface area contributed by atoms with Crippen molar-refractivity contribution in [3.8, 4) is 21.1 Å². The number of aromatic nitrogens is 3. The molecular weight excluding hydrogens is 242 g/mol. The molecule has 0 fully saturated rings. The maximum Gasteiger partial charge on any atom is 0.149 e. The highest BCUT2D eigenvalue weighted by molar-refractivity contribution is 7.17. The first-order chi connectivity index (χ1) is 8.83. The third-order valence-electron chi connectivity index (χ3n) is 2.63. The number of rotatable bonds is 2. The van der Waals surface area contributed by atoms with E-state index in [2.05, 4.69) is 46.4 Å². The molecule has 0 aliphatic rings. The summed E-state index contributed by atoms with van der Waals surface area (Å²) in [4.78, 5) is 4.09. The van der Waals surface area contributed by atoms with E-state index in [9.17, 15) is 0 Å². The summed E-state index contributed by atoms with van der Waals surface area (Å²) < 4.78 is 0. The van der Waals surface area contributed by atoms with Gasteiger partial charge in [-0.2, -0.15) is 0 Å². The van der Waals surface area contributed by atoms with Crippen molar-refractivity contribution in [1.29, 1.82) is 0 Å². The smallest absolute Gasteiger partial charge is 0.149 e. The van der Waals surface area contributed by atoms with Crippen molar-refractivity contribution >= 4 is 11.3 Å². The standard InChI is InChI=1S/C14H11N3S/c1-10-4-6-11(7-5-10)13-16-17-14(18-13)12-3-2-8-15-9-12/h2-9H,1H3. The summed E-state index contributed by atoms with van der Waals surface area (Å²) in [5.41, 5.74) is 3.36. The Morgan fingerprint density at radius 1 is 0.889 bits per heavy atom. The normalized spacial score (nSPS) is 10.5. The van der Waals surface area contributed by atoms with Crippen molar-refractivity contribution in [2.75, 3.05) is 0 Å². The molecule has 0 bridgehead atoms. The molecule has 4 heteroatoms. The zero-order chi connectivity index (χ0) is 12.4. The van der Waals surface area contributed by atoms with E-state index in [1.165, 1.54) is 5.56 Å². The van der Waals surface area contributed by atoms with E-state index in [-0.39, 0.29) is 0 Å². The Morgan fingerprint density at radius 2 is 1.61 bits per heavy atom. The molecule has 0 saturated heterocycles. The van der Waals surface area contributed by atoms with Crippen LogP contribution < -0.4 is 0 Å². The van der Waals surface area contributed by atoms with Crippen LogP contribution in [0.15, 0.2) is 48.8 Å². The van der Waals surface area contributed by atoms with Crippen molar-refractivity contribution in [1.82, 2.24) is 15.2 Å². The summed E-state index contributed by atoms with van der Waals surface area (Å²) in [5, 5.41) is 10.3. The third kappa shape index (κ3) is 2.15. The van der Waals surface area contributed by atoms with Crippen LogP contribution >= 0.6 is 11.3 Å². The molecule has 18 heavy (non-hydrogen) atoms. The first-order valence-electron chi connectivity index (χ1n) is 5.64. The summed E-state index contributed by atoms with van der Waals surface area (Å²) in [5.74, 6) is 0. The number of nitrogens with zero attached hydrogens (tertiary/aromatic N) is 3. The van der Waals surface area contributed by atoms with Gasteiger partial charge in [0.05, 0.1) is 0 Å². The van der Waals surface area contributed by atoms with Crippen LogP contribution in [0.25, 0.3) is 21.1 Å². The van der Waals surface area contributed by atoms with Crippen molar-refractivity contribution in [2.24, 2.45) is 0 Å². The molecule has 0 N–H and O–H groups in total. The van der Waals surface area contributed by atoms with E-state index in [0.29, 0.717) is 0 Å². The van der Waals surface area contributed by atoms with E-state index in [1.807, 2.05) is 12.1 Å². The summed E-state index contributed by atoms with van der Waals surface area (Å²) in [7, 11) is 0. The zero-order valence-corrected chi connectivity index (χ0v) is 10.7. The summed E-state index contributed by atoms with van der Waals surface area (Å²) in [6.45, 7) is 2.07. The minimum absolute atomic E-state index is 0.902. The van der Waals surface area contributed by atoms with Crippen molar-refractivity contribution < 1.29 is 0 Å². The monoisotopic (exact) mass is 253 g/mol. The van der Waals surface area contributed by atoms with Gasteiger partial charge in [-0.05, 0) is 19.1 Å². The van der Waals surface area contributed by atoms with Gasteiger partial charge < -0.3 is 0 Å². The minimum atomic E-state index is 0.902. The molecule has 88 valence electrons. The van der Waals surface area contributed by atoms with Crippen LogP contribution in [0.1, 0.15) is 5.56 Å². The molecule has 0 spiro atoms. The number of pyridine rings is 1. The van der Waals surface area contributed by atoms with Crippen LogP contribution in [0.3, 0.4) is 0 Å². The van der Waals surface area contributed by atoms with Crippen LogP contribution in [-0.2, 0) is 0 Å². The highest BCUT2D eigenvalue weighted by Crippen LogP contribution is 2.29. The average Bonchev–Trinajstić information content (AvgIpc) is 2.90. The molecule has 3 nitrogen and oxygen atoms in total. The zero-order valence-electron chi connectivity index (χ0n) is 9.87. The van der Waals surface area contributed by atoms with E-state index < -0.39 is 0 Å². The van der Waals surface area contributed by atoms with E-state index in [1.54, 1.807) is 23.7 Å². The maximum atomic E-state index is 4.23. The number of benzene rings is 1. The molecule has 3 rings (SSSR count). The Bertz CT molecular complexity index is 644. The molecule has 3 aromatic rings. The van der Waals surface area contributed by atoms with Crippen LogP contribution in [0.2, 0.25) is 0 Å². The van der Waals surface area contributed by atoms with Gasteiger partial charge in [0.25, 0.3) is 0 Å². The van der Waals surface area contributed by atoms with Gasteiger partial charge in [0.2, 0.25) is 0 Å². The largest absolute Gasteiger partial charge is 0.264 e. The Morgan fingerprint density at radius 3 is 2.28 bits per heavy atom. The molecule has 0 aliphatic carbocycles. The molecule has 0 atom stereocenters. The molecule has 0 saturated carbocycles. The second-order valence-electron chi connectivity index (χ2n) is 4.02. The topological polar surface area (TPSA) is 38.7 Å². The molecule has 0 amide bonds. The van der Waals surface area contributed by atoms with Gasteiger partial charge in [-0.3, -0.25) is 4.98 Å². The predicted molar refractivity (Wildman–Crippen MR) is 73.3 cm³/mol. The second kappa shape index (κ2) is 4.66. The lowest BCUT2D eigenvalue weighted by Gasteiger charge is -1.95. The quantitative estimate of drug-likeness (QED) is 0.700. The molecule has 2 aromatic heterocycles. The molecule has 1 aromatic carbocycles. The fourth-order valence-electron chi connectivity index (χ4n) is 1.64. The lowest BCUT2D eigenvalue weighted by Crippen LogP contribution is -1.78. The lowest BCUT2D eigenvalue weighted by atomic mass is 10.2. The van der Waals surface area contributed by atoms with Crippen LogP contribution in [-0.4, -0.2) is 15.2 Å². The Kier molecular flexibility index (Phi) is 2.86. The minimum Gasteiger partial charge on any atom is -0.264 e. The van der Waals surface area contributed by atoms with Gasteiger partial charge >= 0.3 is 0 Å². The highest BCUT2D eigenvalue weighted by Gasteiger charge is 2.08. The number of hydrogen-bond acceptors (Lipinski definition) is 4. The van der Waals surface area contributed by atoms with Crippen molar-refractivity contribution in [2.45, 2.75) is 6.92 Å². The first kappa shape index (κ1) is 11.0. The van der Waals surface area contributed by atoms with Gasteiger partial charge in [-0.25, -0.2) is 0 Å². The highest BCUT2D eigenvalue weighted by atomic mass is 32.1. The summed E-state index contributed by atoms with van der Waals surface area (Å²) in [6.07, 6.45) is 3.56. The molecular formula is C14H11N3S. The molecule has 0 aliphatic heterocycles. The lowest BCUT2D eigenvalue weighted by molar-refractivity contribution is 1.10. The maximum absolute atomic E-state index is 4.23. The predicted octanol–water partition coefficient (Wildman–Crippen LogP) is 3.58. The Labute approximate surface area is 109 Å². The third-order valence-corrected chi connectivity index (χ3v) is 3.65. The second-order valence-corrected chi connectivity index (χ2v) is 5.00. The van der Waals surface area contributed by atoms with Gasteiger partial charge in [-0.1, -0.05) is 41.2 Å². The SMILES string of the molecule is Cc1ccc(-c2nnc(-c3cccnc3)s2)cc1. The molecule has 2 heterocycles. The molecule has 0 radical (unpaired) electrons. The fourth-order valence-corrected chi connectivity index (χ4v) is 2.48. The van der Waals surface area contributed by atoms with Gasteiger partial charge in [0.15, 0.2) is 0 Å². The van der Waals surface area contributed by atoms with Gasteiger partial charge in [-0.15, -0.1) is 10.2 Å². The van der Waals surface area contributed by atoms with Crippen LogP contribution in [0.5, 0.6) is 0 Å². The van der Waals surface area contributed by atoms with Crippen LogP contribution in [0, 0.1) is 6.92 Å². The van der Waals surface area contributed by atoms with Crippen molar-refractivity contribution in [3.05, 3.63) is 54.4 Å². The van der Waals surface area contributed by atoms with E-state index in [4.69, 9.17) is 0 Å². The number of hydrogen-bond donors (Lipinski definition) is 0. The fraction of sp³-hybridized carbons (Fsp3) is 0.0714.